The fourth-order valence-corrected chi connectivity index (χ4v) is 3.74. The first-order chi connectivity index (χ1) is 14.7. The highest BCUT2D eigenvalue weighted by atomic mass is 19.4. The van der Waals surface area contributed by atoms with Crippen molar-refractivity contribution >= 4 is 23.2 Å². The van der Waals surface area contributed by atoms with Gasteiger partial charge in [0.05, 0.1) is 22.6 Å². The number of nitrogens with one attached hydrogen (secondary N) is 1. The number of alkyl halides is 3. The topological polar surface area (TPSA) is 84.1 Å². The van der Waals surface area contributed by atoms with Crippen LogP contribution in [-0.4, -0.2) is 22.4 Å². The molecule has 31 heavy (non-hydrogen) atoms. The largest absolute Gasteiger partial charge is 0.418 e. The Hall–Kier alpha value is -3.62. The highest BCUT2D eigenvalue weighted by Crippen LogP contribution is 2.43. The number of rotatable bonds is 3. The van der Waals surface area contributed by atoms with E-state index in [9.17, 15) is 18.0 Å². The highest BCUT2D eigenvalue weighted by molar-refractivity contribution is 6.06. The van der Waals surface area contributed by atoms with Gasteiger partial charge in [-0.2, -0.15) is 13.2 Å². The number of benzene rings is 2. The van der Waals surface area contributed by atoms with Gasteiger partial charge in [0, 0.05) is 36.8 Å². The van der Waals surface area contributed by atoms with Crippen LogP contribution < -0.4 is 16.0 Å². The molecule has 0 atom stereocenters. The van der Waals surface area contributed by atoms with Crippen LogP contribution in [0.3, 0.4) is 0 Å². The predicted molar refractivity (Wildman–Crippen MR) is 112 cm³/mol. The molecule has 0 radical (unpaired) electrons. The van der Waals surface area contributed by atoms with Crippen molar-refractivity contribution in [2.45, 2.75) is 26.1 Å². The lowest BCUT2D eigenvalue weighted by atomic mass is 10.0. The fraction of sp³-hybridized carbons (Fsp3) is 0.227. The normalized spacial score (nSPS) is 13.6. The SMILES string of the molecule is Cc1cc(NC(=O)c2ccccc2)c(N2CCc3nc(N)ncc3C2)c(C(F)(F)F)c1. The minimum Gasteiger partial charge on any atom is -0.368 e. The van der Waals surface area contributed by atoms with Gasteiger partial charge >= 0.3 is 6.18 Å². The van der Waals surface area contributed by atoms with Crippen molar-refractivity contribution in [3.05, 3.63) is 76.6 Å². The minimum absolute atomic E-state index is 0.0649. The Labute approximate surface area is 176 Å². The van der Waals surface area contributed by atoms with Crippen LogP contribution in [0.25, 0.3) is 0 Å². The highest BCUT2D eigenvalue weighted by Gasteiger charge is 2.37. The number of amides is 1. The van der Waals surface area contributed by atoms with E-state index in [0.29, 0.717) is 29.7 Å². The molecule has 1 aliphatic heterocycles. The maximum absolute atomic E-state index is 14.0. The maximum atomic E-state index is 14.0. The number of carbonyl (C=O) groups excluding carboxylic acids is 1. The zero-order valence-corrected chi connectivity index (χ0v) is 16.7. The predicted octanol–water partition coefficient (Wildman–Crippen LogP) is 4.20. The van der Waals surface area contributed by atoms with Gasteiger partial charge in [-0.3, -0.25) is 4.79 Å². The molecular formula is C22H20F3N5O. The molecule has 1 amide bonds. The monoisotopic (exact) mass is 427 g/mol. The Balaban J connectivity index is 1.78. The van der Waals surface area contributed by atoms with Crippen LogP contribution in [-0.2, 0) is 19.1 Å². The Morgan fingerprint density at radius 1 is 1.19 bits per heavy atom. The van der Waals surface area contributed by atoms with Gasteiger partial charge in [0.15, 0.2) is 0 Å². The third-order valence-electron chi connectivity index (χ3n) is 5.11. The molecule has 0 aliphatic carbocycles. The second-order valence-electron chi connectivity index (χ2n) is 7.40. The van der Waals surface area contributed by atoms with Crippen LogP contribution in [0.5, 0.6) is 0 Å². The summed E-state index contributed by atoms with van der Waals surface area (Å²) in [7, 11) is 0. The molecule has 0 fully saturated rings. The average molecular weight is 427 g/mol. The van der Waals surface area contributed by atoms with Gasteiger partial charge in [-0.15, -0.1) is 0 Å². The third-order valence-corrected chi connectivity index (χ3v) is 5.11. The molecule has 4 rings (SSSR count). The molecule has 0 bridgehead atoms. The molecule has 9 heteroatoms. The Morgan fingerprint density at radius 2 is 1.94 bits per heavy atom. The van der Waals surface area contributed by atoms with E-state index in [-0.39, 0.29) is 23.9 Å². The fourth-order valence-electron chi connectivity index (χ4n) is 3.74. The maximum Gasteiger partial charge on any atom is 0.418 e. The quantitative estimate of drug-likeness (QED) is 0.655. The number of nitrogens with zero attached hydrogens (tertiary/aromatic N) is 3. The number of aromatic nitrogens is 2. The first kappa shape index (κ1) is 20.6. The number of halogens is 3. The average Bonchev–Trinajstić information content (AvgIpc) is 2.73. The number of carbonyl (C=O) groups is 1. The van der Waals surface area contributed by atoms with E-state index in [0.717, 1.165) is 11.8 Å². The molecule has 6 nitrogen and oxygen atoms in total. The van der Waals surface area contributed by atoms with Crippen LogP contribution >= 0.6 is 0 Å². The number of nitrogen functional groups attached to an aromatic ring is 1. The molecule has 3 N–H and O–H groups in total. The molecule has 160 valence electrons. The summed E-state index contributed by atoms with van der Waals surface area (Å²) in [6.45, 7) is 2.04. The van der Waals surface area contributed by atoms with Crippen LogP contribution in [0.4, 0.5) is 30.5 Å². The van der Waals surface area contributed by atoms with Crippen LogP contribution in [0, 0.1) is 6.92 Å². The van der Waals surface area contributed by atoms with E-state index in [1.54, 1.807) is 48.2 Å². The summed E-state index contributed by atoms with van der Waals surface area (Å²) in [4.78, 5) is 22.5. The number of anilines is 3. The zero-order chi connectivity index (χ0) is 22.2. The van der Waals surface area contributed by atoms with Gasteiger partial charge in [0.1, 0.15) is 0 Å². The molecule has 2 heterocycles. The molecule has 1 aromatic heterocycles. The summed E-state index contributed by atoms with van der Waals surface area (Å²) in [5.41, 5.74) is 7.06. The Morgan fingerprint density at radius 3 is 2.65 bits per heavy atom. The van der Waals surface area contributed by atoms with Gasteiger partial charge in [-0.1, -0.05) is 18.2 Å². The second-order valence-corrected chi connectivity index (χ2v) is 7.40. The summed E-state index contributed by atoms with van der Waals surface area (Å²) in [5.74, 6) is -0.344. The van der Waals surface area contributed by atoms with E-state index in [1.165, 1.54) is 6.20 Å². The third kappa shape index (κ3) is 4.30. The lowest BCUT2D eigenvalue weighted by Gasteiger charge is -2.33. The molecular weight excluding hydrogens is 407 g/mol. The number of fused-ring (bicyclic) bond motifs is 1. The van der Waals surface area contributed by atoms with Crippen molar-refractivity contribution < 1.29 is 18.0 Å². The molecule has 1 aliphatic rings. The van der Waals surface area contributed by atoms with Gasteiger partial charge in [-0.25, -0.2) is 9.97 Å². The van der Waals surface area contributed by atoms with E-state index in [4.69, 9.17) is 5.73 Å². The summed E-state index contributed by atoms with van der Waals surface area (Å²) < 4.78 is 42.0. The molecule has 0 spiro atoms. The number of hydrogen-bond donors (Lipinski definition) is 2. The summed E-state index contributed by atoms with van der Waals surface area (Å²) in [6, 6.07) is 11.0. The first-order valence-electron chi connectivity index (χ1n) is 9.66. The van der Waals surface area contributed by atoms with Crippen LogP contribution in [0.1, 0.15) is 32.7 Å². The van der Waals surface area contributed by atoms with Crippen molar-refractivity contribution in [3.63, 3.8) is 0 Å². The van der Waals surface area contributed by atoms with E-state index in [2.05, 4.69) is 15.3 Å². The van der Waals surface area contributed by atoms with Gasteiger partial charge in [-0.05, 0) is 36.8 Å². The van der Waals surface area contributed by atoms with Crippen molar-refractivity contribution in [3.8, 4) is 0 Å². The first-order valence-corrected chi connectivity index (χ1v) is 9.66. The molecule has 0 saturated heterocycles. The van der Waals surface area contributed by atoms with Gasteiger partial charge in [0.2, 0.25) is 5.95 Å². The molecule has 3 aromatic rings. The smallest absolute Gasteiger partial charge is 0.368 e. The number of nitrogens with two attached hydrogens (primary N) is 1. The van der Waals surface area contributed by atoms with Gasteiger partial charge < -0.3 is 16.0 Å². The molecule has 0 saturated carbocycles. The number of hydrogen-bond acceptors (Lipinski definition) is 5. The van der Waals surface area contributed by atoms with Gasteiger partial charge in [0.25, 0.3) is 5.91 Å². The standard InChI is InChI=1S/C22H20F3N5O/c1-13-9-16(22(23,24)25)19(18(10-13)28-20(31)14-5-3-2-4-6-14)30-8-7-17-15(12-30)11-27-21(26)29-17/h2-6,9-11H,7-8,12H2,1H3,(H,28,31)(H2,26,27,29). The molecule has 2 aromatic carbocycles. The summed E-state index contributed by atoms with van der Waals surface area (Å²) >= 11 is 0. The number of aryl methyl sites for hydroxylation is 1. The van der Waals surface area contributed by atoms with Crippen LogP contribution in [0.2, 0.25) is 0 Å². The summed E-state index contributed by atoms with van der Waals surface area (Å²) in [6.07, 6.45) is -2.64. The van der Waals surface area contributed by atoms with Crippen molar-refractivity contribution in [2.24, 2.45) is 0 Å². The lowest BCUT2D eigenvalue weighted by molar-refractivity contribution is -0.137. The zero-order valence-electron chi connectivity index (χ0n) is 16.7. The van der Waals surface area contributed by atoms with Crippen molar-refractivity contribution in [1.82, 2.24) is 9.97 Å². The summed E-state index contributed by atoms with van der Waals surface area (Å²) in [5, 5.41) is 2.68. The van der Waals surface area contributed by atoms with E-state index >= 15 is 0 Å². The Bertz CT molecular complexity index is 1130. The van der Waals surface area contributed by atoms with Crippen LogP contribution in [0.15, 0.2) is 48.7 Å². The Kier molecular flexibility index (Phi) is 5.26. The van der Waals surface area contributed by atoms with Crippen molar-refractivity contribution in [1.29, 1.82) is 0 Å². The van der Waals surface area contributed by atoms with Crippen molar-refractivity contribution in [2.75, 3.05) is 22.5 Å². The van der Waals surface area contributed by atoms with E-state index in [1.807, 2.05) is 0 Å². The van der Waals surface area contributed by atoms with E-state index < -0.39 is 17.6 Å². The minimum atomic E-state index is -4.59. The second kappa shape index (κ2) is 7.90. The lowest BCUT2D eigenvalue weighted by Crippen LogP contribution is -2.34. The molecule has 0 unspecified atom stereocenters.